The normalized spacial score (nSPS) is 9.18. The summed E-state index contributed by atoms with van der Waals surface area (Å²) >= 11 is 0. The van der Waals surface area contributed by atoms with Gasteiger partial charge < -0.3 is 5.32 Å². The lowest BCUT2D eigenvalue weighted by atomic mass is 10.3. The smallest absolute Gasteiger partial charge is 0.168 e. The molecular weight excluding hydrogens is 140 g/mol. The summed E-state index contributed by atoms with van der Waals surface area (Å²) in [5.41, 5.74) is 0.462. The highest BCUT2D eigenvalue weighted by Crippen LogP contribution is 2.01. The first-order valence-corrected chi connectivity index (χ1v) is 3.53. The number of hydrogen-bond acceptors (Lipinski definition) is 3. The Kier molecular flexibility index (Phi) is 2.60. The molecule has 0 unspecified atom stereocenters. The van der Waals surface area contributed by atoms with E-state index in [1.165, 1.54) is 0 Å². The first-order valence-electron chi connectivity index (χ1n) is 3.53. The molecule has 0 aliphatic carbocycles. The van der Waals surface area contributed by atoms with Gasteiger partial charge >= 0.3 is 0 Å². The molecule has 1 rings (SSSR count). The van der Waals surface area contributed by atoms with E-state index in [1.807, 2.05) is 13.0 Å². The van der Waals surface area contributed by atoms with E-state index in [9.17, 15) is 4.79 Å². The van der Waals surface area contributed by atoms with Crippen LogP contribution in [0.25, 0.3) is 0 Å². The summed E-state index contributed by atoms with van der Waals surface area (Å²) in [5.74, 6) is 0.747. The van der Waals surface area contributed by atoms with Gasteiger partial charge in [0.15, 0.2) is 6.29 Å². The Balaban J connectivity index is 2.82. The van der Waals surface area contributed by atoms with Gasteiger partial charge in [-0.1, -0.05) is 6.07 Å². The van der Waals surface area contributed by atoms with Gasteiger partial charge in [0.1, 0.15) is 11.5 Å². The predicted octanol–water partition coefficient (Wildman–Crippen LogP) is 1.33. The van der Waals surface area contributed by atoms with Crippen molar-refractivity contribution >= 4 is 12.1 Å². The molecule has 0 radical (unpaired) electrons. The lowest BCUT2D eigenvalue weighted by Crippen LogP contribution is -2.00. The van der Waals surface area contributed by atoms with Crippen molar-refractivity contribution in [2.24, 2.45) is 0 Å². The van der Waals surface area contributed by atoms with E-state index in [2.05, 4.69) is 10.3 Å². The van der Waals surface area contributed by atoms with E-state index in [1.54, 1.807) is 12.1 Å². The van der Waals surface area contributed by atoms with Gasteiger partial charge in [0.25, 0.3) is 0 Å². The number of aromatic nitrogens is 1. The van der Waals surface area contributed by atoms with Gasteiger partial charge in [0.05, 0.1) is 0 Å². The monoisotopic (exact) mass is 150 g/mol. The molecule has 0 saturated heterocycles. The van der Waals surface area contributed by atoms with Crippen LogP contribution in [0.2, 0.25) is 0 Å². The third-order valence-corrected chi connectivity index (χ3v) is 1.25. The number of pyridine rings is 1. The molecule has 0 saturated carbocycles. The number of carbonyl (C=O) groups is 1. The molecule has 0 aromatic carbocycles. The van der Waals surface area contributed by atoms with Gasteiger partial charge in [0.2, 0.25) is 0 Å². The Morgan fingerprint density at radius 3 is 3.09 bits per heavy atom. The maximum Gasteiger partial charge on any atom is 0.168 e. The standard InChI is InChI=1S/C8H10N2O/c1-2-9-8-5-3-4-7(6-11)10-8/h3-6H,2H2,1H3,(H,9,10). The van der Waals surface area contributed by atoms with E-state index in [0.29, 0.717) is 5.69 Å². The van der Waals surface area contributed by atoms with Crippen molar-refractivity contribution in [1.29, 1.82) is 0 Å². The summed E-state index contributed by atoms with van der Waals surface area (Å²) in [6.07, 6.45) is 0.737. The van der Waals surface area contributed by atoms with Gasteiger partial charge in [-0.15, -0.1) is 0 Å². The van der Waals surface area contributed by atoms with Crippen molar-refractivity contribution in [3.8, 4) is 0 Å². The first-order chi connectivity index (χ1) is 5.36. The quantitative estimate of drug-likeness (QED) is 0.661. The van der Waals surface area contributed by atoms with Gasteiger partial charge in [-0.2, -0.15) is 0 Å². The number of hydrogen-bond donors (Lipinski definition) is 1. The SMILES string of the molecule is CCNc1cccc(C=O)n1. The number of anilines is 1. The zero-order chi connectivity index (χ0) is 8.10. The van der Waals surface area contributed by atoms with Crippen LogP contribution in [0.15, 0.2) is 18.2 Å². The molecule has 0 aliphatic heterocycles. The number of aldehydes is 1. The maximum atomic E-state index is 10.3. The molecule has 3 nitrogen and oxygen atoms in total. The fourth-order valence-corrected chi connectivity index (χ4v) is 0.797. The lowest BCUT2D eigenvalue weighted by Gasteiger charge is -2.00. The summed E-state index contributed by atoms with van der Waals surface area (Å²) < 4.78 is 0. The topological polar surface area (TPSA) is 42.0 Å². The van der Waals surface area contributed by atoms with Gasteiger partial charge in [0, 0.05) is 6.54 Å². The average Bonchev–Trinajstić information content (AvgIpc) is 2.06. The Hall–Kier alpha value is -1.38. The van der Waals surface area contributed by atoms with Crippen LogP contribution < -0.4 is 5.32 Å². The minimum Gasteiger partial charge on any atom is -0.370 e. The molecule has 1 aromatic heterocycles. The largest absolute Gasteiger partial charge is 0.370 e. The van der Waals surface area contributed by atoms with E-state index in [-0.39, 0.29) is 0 Å². The predicted molar refractivity (Wildman–Crippen MR) is 43.8 cm³/mol. The van der Waals surface area contributed by atoms with Crippen molar-refractivity contribution in [2.75, 3.05) is 11.9 Å². The molecule has 11 heavy (non-hydrogen) atoms. The van der Waals surface area contributed by atoms with Crippen LogP contribution in [0.5, 0.6) is 0 Å². The fourth-order valence-electron chi connectivity index (χ4n) is 0.797. The van der Waals surface area contributed by atoms with E-state index in [0.717, 1.165) is 18.6 Å². The highest BCUT2D eigenvalue weighted by atomic mass is 16.1. The van der Waals surface area contributed by atoms with Gasteiger partial charge in [-0.25, -0.2) is 4.98 Å². The second-order valence-corrected chi connectivity index (χ2v) is 2.10. The molecule has 0 spiro atoms. The highest BCUT2D eigenvalue weighted by Gasteiger charge is 1.92. The molecular formula is C8H10N2O. The minimum absolute atomic E-state index is 0.462. The zero-order valence-corrected chi connectivity index (χ0v) is 6.37. The third kappa shape index (κ3) is 2.04. The molecule has 3 heteroatoms. The molecule has 0 atom stereocenters. The summed E-state index contributed by atoms with van der Waals surface area (Å²) in [7, 11) is 0. The third-order valence-electron chi connectivity index (χ3n) is 1.25. The zero-order valence-electron chi connectivity index (χ0n) is 6.37. The highest BCUT2D eigenvalue weighted by molar-refractivity contribution is 5.72. The Bertz CT molecular complexity index is 248. The Labute approximate surface area is 65.5 Å². The molecule has 1 aromatic rings. The van der Waals surface area contributed by atoms with Crippen molar-refractivity contribution in [1.82, 2.24) is 4.98 Å². The van der Waals surface area contributed by atoms with Crippen molar-refractivity contribution in [2.45, 2.75) is 6.92 Å². The summed E-state index contributed by atoms with van der Waals surface area (Å²) in [5, 5.41) is 3.01. The molecule has 1 N–H and O–H groups in total. The van der Waals surface area contributed by atoms with Crippen LogP contribution in [0.4, 0.5) is 5.82 Å². The second-order valence-electron chi connectivity index (χ2n) is 2.10. The number of carbonyl (C=O) groups excluding carboxylic acids is 1. The lowest BCUT2D eigenvalue weighted by molar-refractivity contribution is 0.111. The van der Waals surface area contributed by atoms with Crippen molar-refractivity contribution < 1.29 is 4.79 Å². The van der Waals surface area contributed by atoms with Gasteiger partial charge in [-0.05, 0) is 19.1 Å². The Morgan fingerprint density at radius 2 is 2.45 bits per heavy atom. The molecule has 58 valence electrons. The minimum atomic E-state index is 0.462. The van der Waals surface area contributed by atoms with Crippen LogP contribution in [0, 0.1) is 0 Å². The van der Waals surface area contributed by atoms with Crippen LogP contribution in [-0.4, -0.2) is 17.8 Å². The molecule has 0 fully saturated rings. The van der Waals surface area contributed by atoms with E-state index >= 15 is 0 Å². The van der Waals surface area contributed by atoms with Gasteiger partial charge in [-0.3, -0.25) is 4.79 Å². The molecule has 0 bridgehead atoms. The van der Waals surface area contributed by atoms with E-state index in [4.69, 9.17) is 0 Å². The maximum absolute atomic E-state index is 10.3. The van der Waals surface area contributed by atoms with Crippen LogP contribution in [0.1, 0.15) is 17.4 Å². The Morgan fingerprint density at radius 1 is 1.64 bits per heavy atom. The molecule has 0 amide bonds. The van der Waals surface area contributed by atoms with Crippen LogP contribution >= 0.6 is 0 Å². The van der Waals surface area contributed by atoms with Crippen molar-refractivity contribution in [3.05, 3.63) is 23.9 Å². The number of nitrogens with zero attached hydrogens (tertiary/aromatic N) is 1. The fraction of sp³-hybridized carbons (Fsp3) is 0.250. The van der Waals surface area contributed by atoms with E-state index < -0.39 is 0 Å². The molecule has 0 aliphatic rings. The number of rotatable bonds is 3. The van der Waals surface area contributed by atoms with Crippen LogP contribution in [0.3, 0.4) is 0 Å². The van der Waals surface area contributed by atoms with Crippen LogP contribution in [-0.2, 0) is 0 Å². The second kappa shape index (κ2) is 3.71. The summed E-state index contributed by atoms with van der Waals surface area (Å²) in [6, 6.07) is 5.30. The average molecular weight is 150 g/mol. The summed E-state index contributed by atoms with van der Waals surface area (Å²) in [6.45, 7) is 2.80. The van der Waals surface area contributed by atoms with Crippen molar-refractivity contribution in [3.63, 3.8) is 0 Å². The first kappa shape index (κ1) is 7.72. The molecule has 1 heterocycles. The summed E-state index contributed by atoms with van der Waals surface area (Å²) in [4.78, 5) is 14.3. The number of nitrogens with one attached hydrogen (secondary N) is 1.